The molecule has 3 heteroatoms. The van der Waals surface area contributed by atoms with Gasteiger partial charge in [-0.3, -0.25) is 0 Å². The number of aryl methyl sites for hydroxylation is 1. The molecule has 1 aromatic carbocycles. The highest BCUT2D eigenvalue weighted by Gasteiger charge is 2.23. The van der Waals surface area contributed by atoms with Crippen molar-refractivity contribution >= 4 is 27.5 Å². The fourth-order valence-corrected chi connectivity index (χ4v) is 3.39. The first-order chi connectivity index (χ1) is 7.58. The molecule has 0 aromatic heterocycles. The molecule has 2 rings (SSSR count). The molecule has 0 N–H and O–H groups in total. The Labute approximate surface area is 109 Å². The summed E-state index contributed by atoms with van der Waals surface area (Å²) in [4.78, 5) is 0.254. The molecule has 1 unspecified atom stereocenters. The van der Waals surface area contributed by atoms with Crippen molar-refractivity contribution in [2.75, 3.05) is 0 Å². The molecular formula is C13H15BrClF. The van der Waals surface area contributed by atoms with Crippen molar-refractivity contribution < 1.29 is 4.39 Å². The van der Waals surface area contributed by atoms with Gasteiger partial charge in [-0.25, -0.2) is 4.39 Å². The van der Waals surface area contributed by atoms with Crippen LogP contribution in [0.15, 0.2) is 12.1 Å². The van der Waals surface area contributed by atoms with Crippen LogP contribution in [0.3, 0.4) is 0 Å². The minimum Gasteiger partial charge on any atom is -0.207 e. The smallest absolute Gasteiger partial charge is 0.127 e. The average molecular weight is 306 g/mol. The molecule has 16 heavy (non-hydrogen) atoms. The Kier molecular flexibility index (Phi) is 3.91. The average Bonchev–Trinajstić information content (AvgIpc) is 2.17. The van der Waals surface area contributed by atoms with Gasteiger partial charge in [-0.15, -0.1) is 0 Å². The fourth-order valence-electron chi connectivity index (χ4n) is 2.07. The molecule has 0 amide bonds. The van der Waals surface area contributed by atoms with E-state index >= 15 is 0 Å². The minimum absolute atomic E-state index is 0.225. The highest BCUT2D eigenvalue weighted by Crippen LogP contribution is 2.41. The fraction of sp³-hybridized carbons (Fsp3) is 0.538. The van der Waals surface area contributed by atoms with Gasteiger partial charge in [0.25, 0.3) is 0 Å². The SMILES string of the molecule is Cc1cc(C(Br)CC2CCC2)c(Cl)cc1F. The van der Waals surface area contributed by atoms with E-state index in [0.29, 0.717) is 10.6 Å². The molecule has 0 spiro atoms. The zero-order valence-corrected chi connectivity index (χ0v) is 11.6. The molecule has 1 saturated carbocycles. The van der Waals surface area contributed by atoms with Gasteiger partial charge in [0.05, 0.1) is 0 Å². The molecular weight excluding hydrogens is 290 g/mol. The Morgan fingerprint density at radius 2 is 2.19 bits per heavy atom. The molecule has 1 aliphatic rings. The molecule has 0 heterocycles. The van der Waals surface area contributed by atoms with E-state index in [-0.39, 0.29) is 10.6 Å². The minimum atomic E-state index is -0.225. The van der Waals surface area contributed by atoms with Crippen LogP contribution >= 0.6 is 27.5 Å². The van der Waals surface area contributed by atoms with Crippen LogP contribution in [0.25, 0.3) is 0 Å². The Morgan fingerprint density at radius 3 is 2.75 bits per heavy atom. The lowest BCUT2D eigenvalue weighted by Crippen LogP contribution is -2.13. The first kappa shape index (κ1) is 12.4. The number of halogens is 3. The molecule has 1 aliphatic carbocycles. The maximum absolute atomic E-state index is 13.3. The van der Waals surface area contributed by atoms with Crippen LogP contribution in [-0.2, 0) is 0 Å². The molecule has 0 saturated heterocycles. The van der Waals surface area contributed by atoms with Crippen LogP contribution < -0.4 is 0 Å². The maximum Gasteiger partial charge on any atom is 0.127 e. The lowest BCUT2D eigenvalue weighted by Gasteiger charge is -2.28. The summed E-state index contributed by atoms with van der Waals surface area (Å²) < 4.78 is 13.3. The lowest BCUT2D eigenvalue weighted by molar-refractivity contribution is 0.295. The van der Waals surface area contributed by atoms with Crippen LogP contribution in [0.1, 0.15) is 41.6 Å². The molecule has 1 atom stereocenters. The Balaban J connectivity index is 2.14. The van der Waals surface area contributed by atoms with Crippen LogP contribution in [0.5, 0.6) is 0 Å². The van der Waals surface area contributed by atoms with Gasteiger partial charge < -0.3 is 0 Å². The summed E-state index contributed by atoms with van der Waals surface area (Å²) in [5.41, 5.74) is 1.69. The topological polar surface area (TPSA) is 0 Å². The summed E-state index contributed by atoms with van der Waals surface area (Å²) in [5, 5.41) is 0.532. The molecule has 0 bridgehead atoms. The number of hydrogen-bond acceptors (Lipinski definition) is 0. The van der Waals surface area contributed by atoms with Crippen molar-refractivity contribution in [1.82, 2.24) is 0 Å². The standard InChI is InChI=1S/C13H15BrClF/c1-8-5-10(12(15)7-13(8)16)11(14)6-9-3-2-4-9/h5,7,9,11H,2-4,6H2,1H3. The number of benzene rings is 1. The molecule has 0 nitrogen and oxygen atoms in total. The van der Waals surface area contributed by atoms with Crippen molar-refractivity contribution in [3.63, 3.8) is 0 Å². The van der Waals surface area contributed by atoms with Gasteiger partial charge in [-0.1, -0.05) is 52.9 Å². The zero-order chi connectivity index (χ0) is 11.7. The van der Waals surface area contributed by atoms with Crippen LogP contribution in [-0.4, -0.2) is 0 Å². The van der Waals surface area contributed by atoms with E-state index in [2.05, 4.69) is 15.9 Å². The van der Waals surface area contributed by atoms with Gasteiger partial charge in [-0.2, -0.15) is 0 Å². The van der Waals surface area contributed by atoms with E-state index in [1.54, 1.807) is 6.92 Å². The van der Waals surface area contributed by atoms with Crippen molar-refractivity contribution in [3.8, 4) is 0 Å². The van der Waals surface area contributed by atoms with Crippen molar-refractivity contribution in [2.24, 2.45) is 5.92 Å². The van der Waals surface area contributed by atoms with Gasteiger partial charge in [-0.05, 0) is 36.5 Å². The third kappa shape index (κ3) is 2.60. The van der Waals surface area contributed by atoms with Crippen molar-refractivity contribution in [3.05, 3.63) is 34.1 Å². The lowest BCUT2D eigenvalue weighted by atomic mass is 9.81. The van der Waals surface area contributed by atoms with Gasteiger partial charge in [0.1, 0.15) is 5.82 Å². The summed E-state index contributed by atoms with van der Waals surface area (Å²) in [6, 6.07) is 3.27. The predicted molar refractivity (Wildman–Crippen MR) is 69.8 cm³/mol. The van der Waals surface area contributed by atoms with Crippen LogP contribution in [0.4, 0.5) is 4.39 Å². The van der Waals surface area contributed by atoms with E-state index in [1.807, 2.05) is 6.07 Å². The van der Waals surface area contributed by atoms with Crippen molar-refractivity contribution in [2.45, 2.75) is 37.4 Å². The number of hydrogen-bond donors (Lipinski definition) is 0. The summed E-state index contributed by atoms with van der Waals surface area (Å²) in [6.07, 6.45) is 5.09. The van der Waals surface area contributed by atoms with Gasteiger partial charge >= 0.3 is 0 Å². The molecule has 0 radical (unpaired) electrons. The van der Waals surface area contributed by atoms with E-state index in [4.69, 9.17) is 11.6 Å². The molecule has 0 aliphatic heterocycles. The molecule has 1 aromatic rings. The maximum atomic E-state index is 13.3. The first-order valence-corrected chi connectivity index (χ1v) is 6.97. The van der Waals surface area contributed by atoms with Gasteiger partial charge in [0, 0.05) is 9.85 Å². The Hall–Kier alpha value is -0.0800. The normalized spacial score (nSPS) is 18.2. The third-order valence-corrected chi connectivity index (χ3v) is 4.57. The first-order valence-electron chi connectivity index (χ1n) is 5.67. The summed E-state index contributed by atoms with van der Waals surface area (Å²) in [5.74, 6) is 0.586. The summed E-state index contributed by atoms with van der Waals surface area (Å²) in [6.45, 7) is 1.78. The van der Waals surface area contributed by atoms with E-state index in [9.17, 15) is 4.39 Å². The second kappa shape index (κ2) is 5.05. The van der Waals surface area contributed by atoms with Gasteiger partial charge in [0.15, 0.2) is 0 Å². The second-order valence-electron chi connectivity index (χ2n) is 4.62. The quantitative estimate of drug-likeness (QED) is 0.655. The largest absolute Gasteiger partial charge is 0.207 e. The van der Waals surface area contributed by atoms with E-state index in [0.717, 1.165) is 17.9 Å². The monoisotopic (exact) mass is 304 g/mol. The summed E-state index contributed by atoms with van der Waals surface area (Å²) >= 11 is 9.73. The van der Waals surface area contributed by atoms with E-state index in [1.165, 1.54) is 25.3 Å². The third-order valence-electron chi connectivity index (χ3n) is 3.38. The molecule has 1 fully saturated rings. The highest BCUT2D eigenvalue weighted by molar-refractivity contribution is 9.09. The Morgan fingerprint density at radius 1 is 1.50 bits per heavy atom. The van der Waals surface area contributed by atoms with E-state index < -0.39 is 0 Å². The van der Waals surface area contributed by atoms with Crippen LogP contribution in [0, 0.1) is 18.7 Å². The second-order valence-corrected chi connectivity index (χ2v) is 6.14. The summed E-state index contributed by atoms with van der Waals surface area (Å²) in [7, 11) is 0. The Bertz CT molecular complexity index is 388. The number of alkyl halides is 1. The predicted octanol–water partition coefficient (Wildman–Crippen LogP) is 5.41. The van der Waals surface area contributed by atoms with Gasteiger partial charge in [0.2, 0.25) is 0 Å². The van der Waals surface area contributed by atoms with Crippen LogP contribution in [0.2, 0.25) is 5.02 Å². The molecule has 88 valence electrons. The number of rotatable bonds is 3. The van der Waals surface area contributed by atoms with Crippen molar-refractivity contribution in [1.29, 1.82) is 0 Å². The highest BCUT2D eigenvalue weighted by atomic mass is 79.9. The zero-order valence-electron chi connectivity index (χ0n) is 9.27.